The van der Waals surface area contributed by atoms with Crippen molar-refractivity contribution in [2.24, 2.45) is 0 Å². The number of carboxylic acids is 1. The smallest absolute Gasteiger partial charge is 0.337 e. The van der Waals surface area contributed by atoms with Crippen molar-refractivity contribution in [1.29, 1.82) is 0 Å². The first-order chi connectivity index (χ1) is 5.61. The fraction of sp³-hybridized carbons (Fsp3) is 0. The molecule has 1 N–H and O–H groups in total. The van der Waals surface area contributed by atoms with Crippen LogP contribution < -0.4 is 0 Å². The molecule has 1 aromatic heterocycles. The Balaban J connectivity index is 3.12. The average molecular weight is 186 g/mol. The van der Waals surface area contributed by atoms with Crippen LogP contribution in [0.1, 0.15) is 10.4 Å². The summed E-state index contributed by atoms with van der Waals surface area (Å²) in [5.74, 6) is -1.20. The first kappa shape index (κ1) is 8.82. The number of carboxylic acid groups (broad SMARTS) is 1. The van der Waals surface area contributed by atoms with Crippen molar-refractivity contribution in [1.82, 2.24) is 4.98 Å². The molecular weight excluding hydrogens is 182 g/mol. The minimum atomic E-state index is -2.43. The molecule has 0 saturated carbocycles. The van der Waals surface area contributed by atoms with Gasteiger partial charge in [-0.3, -0.25) is 9.19 Å². The SMILES string of the molecule is O=C(O)c1cncc(S(=O)[O-])c1. The quantitative estimate of drug-likeness (QED) is 0.657. The number of pyridine rings is 1. The van der Waals surface area contributed by atoms with E-state index >= 15 is 0 Å². The summed E-state index contributed by atoms with van der Waals surface area (Å²) < 4.78 is 20.7. The van der Waals surface area contributed by atoms with Crippen LogP contribution in [-0.4, -0.2) is 24.8 Å². The standard InChI is InChI=1S/C6H5NO4S/c8-6(9)4-1-5(12(10)11)3-7-2-4/h1-3H,(H,8,9)(H,10,11)/p-1. The van der Waals surface area contributed by atoms with Gasteiger partial charge in [-0.15, -0.1) is 0 Å². The van der Waals surface area contributed by atoms with Crippen LogP contribution in [0.2, 0.25) is 0 Å². The molecule has 0 spiro atoms. The number of rotatable bonds is 2. The maximum Gasteiger partial charge on any atom is 0.337 e. The summed E-state index contributed by atoms with van der Waals surface area (Å²) in [7, 11) is 0. The Morgan fingerprint density at radius 3 is 2.75 bits per heavy atom. The monoisotopic (exact) mass is 186 g/mol. The van der Waals surface area contributed by atoms with Gasteiger partial charge in [0.25, 0.3) is 0 Å². The Labute approximate surface area is 70.3 Å². The van der Waals surface area contributed by atoms with Gasteiger partial charge in [-0.25, -0.2) is 4.79 Å². The Morgan fingerprint density at radius 2 is 2.25 bits per heavy atom. The lowest BCUT2D eigenvalue weighted by Gasteiger charge is -2.03. The molecule has 0 fully saturated rings. The largest absolute Gasteiger partial charge is 0.768 e. The highest BCUT2D eigenvalue weighted by atomic mass is 32.2. The number of aromatic nitrogens is 1. The van der Waals surface area contributed by atoms with Crippen LogP contribution >= 0.6 is 0 Å². The van der Waals surface area contributed by atoms with E-state index in [1.165, 1.54) is 0 Å². The molecule has 0 aliphatic rings. The third-order valence-electron chi connectivity index (χ3n) is 1.15. The van der Waals surface area contributed by atoms with Gasteiger partial charge in [-0.2, -0.15) is 0 Å². The first-order valence-electron chi connectivity index (χ1n) is 2.89. The summed E-state index contributed by atoms with van der Waals surface area (Å²) in [5, 5.41) is 8.45. The molecule has 1 rings (SSSR count). The van der Waals surface area contributed by atoms with Gasteiger partial charge in [-0.05, 0) is 17.1 Å². The van der Waals surface area contributed by atoms with E-state index in [-0.39, 0.29) is 10.5 Å². The molecule has 0 saturated heterocycles. The van der Waals surface area contributed by atoms with E-state index in [4.69, 9.17) is 5.11 Å². The lowest BCUT2D eigenvalue weighted by molar-refractivity contribution is 0.0696. The van der Waals surface area contributed by atoms with Gasteiger partial charge in [-0.1, -0.05) is 0 Å². The molecule has 0 aliphatic heterocycles. The lowest BCUT2D eigenvalue weighted by atomic mass is 10.3. The molecule has 5 nitrogen and oxygen atoms in total. The first-order valence-corrected chi connectivity index (χ1v) is 3.96. The summed E-state index contributed by atoms with van der Waals surface area (Å²) in [6, 6.07) is 1.04. The van der Waals surface area contributed by atoms with Crippen LogP contribution in [0, 0.1) is 0 Å². The summed E-state index contributed by atoms with van der Waals surface area (Å²) in [6.45, 7) is 0. The van der Waals surface area contributed by atoms with E-state index in [0.29, 0.717) is 0 Å². The van der Waals surface area contributed by atoms with Crippen molar-refractivity contribution in [2.45, 2.75) is 4.90 Å². The zero-order valence-electron chi connectivity index (χ0n) is 5.76. The second-order valence-electron chi connectivity index (χ2n) is 1.95. The van der Waals surface area contributed by atoms with Crippen LogP contribution in [0.15, 0.2) is 23.4 Å². The average Bonchev–Trinajstić information content (AvgIpc) is 2.04. The van der Waals surface area contributed by atoms with E-state index < -0.39 is 17.0 Å². The van der Waals surface area contributed by atoms with E-state index in [9.17, 15) is 13.6 Å². The second kappa shape index (κ2) is 3.42. The third-order valence-corrected chi connectivity index (χ3v) is 1.76. The number of hydrogen-bond acceptors (Lipinski definition) is 4. The number of aromatic carboxylic acids is 1. The van der Waals surface area contributed by atoms with E-state index in [2.05, 4.69) is 4.98 Å². The molecule has 1 heterocycles. The zero-order chi connectivity index (χ0) is 9.14. The summed E-state index contributed by atoms with van der Waals surface area (Å²) >= 11 is -2.43. The highest BCUT2D eigenvalue weighted by Crippen LogP contribution is 2.05. The van der Waals surface area contributed by atoms with Crippen molar-refractivity contribution in [3.63, 3.8) is 0 Å². The van der Waals surface area contributed by atoms with Crippen LogP contribution in [0.4, 0.5) is 0 Å². The summed E-state index contributed by atoms with van der Waals surface area (Å²) in [6.07, 6.45) is 2.16. The van der Waals surface area contributed by atoms with Crippen LogP contribution in [0.25, 0.3) is 0 Å². The van der Waals surface area contributed by atoms with Gasteiger partial charge >= 0.3 is 5.97 Å². The molecule has 0 aliphatic carbocycles. The predicted octanol–water partition coefficient (Wildman–Crippen LogP) is 0.0178. The van der Waals surface area contributed by atoms with Crippen LogP contribution in [0.3, 0.4) is 0 Å². The van der Waals surface area contributed by atoms with Gasteiger partial charge < -0.3 is 9.66 Å². The topological polar surface area (TPSA) is 90.3 Å². The molecule has 0 radical (unpaired) electrons. The molecule has 1 aromatic rings. The number of hydrogen-bond donors (Lipinski definition) is 1. The van der Waals surface area contributed by atoms with E-state index in [1.54, 1.807) is 0 Å². The minimum Gasteiger partial charge on any atom is -0.768 e. The minimum absolute atomic E-state index is 0.130. The van der Waals surface area contributed by atoms with E-state index in [1.807, 2.05) is 0 Å². The molecule has 0 amide bonds. The van der Waals surface area contributed by atoms with Gasteiger partial charge in [0.15, 0.2) is 0 Å². The van der Waals surface area contributed by atoms with Crippen LogP contribution in [-0.2, 0) is 11.1 Å². The maximum atomic E-state index is 10.3. The Morgan fingerprint density at radius 1 is 1.58 bits per heavy atom. The highest BCUT2D eigenvalue weighted by molar-refractivity contribution is 7.79. The van der Waals surface area contributed by atoms with E-state index in [0.717, 1.165) is 18.5 Å². The number of nitrogens with zero attached hydrogens (tertiary/aromatic N) is 1. The normalized spacial score (nSPS) is 12.4. The molecule has 1 unspecified atom stereocenters. The lowest BCUT2D eigenvalue weighted by Crippen LogP contribution is -1.99. The predicted molar refractivity (Wildman–Crippen MR) is 38.4 cm³/mol. The van der Waals surface area contributed by atoms with Crippen molar-refractivity contribution in [2.75, 3.05) is 0 Å². The molecule has 6 heteroatoms. The van der Waals surface area contributed by atoms with Gasteiger partial charge in [0, 0.05) is 17.3 Å². The van der Waals surface area contributed by atoms with Crippen molar-refractivity contribution in [3.8, 4) is 0 Å². The molecule has 64 valence electrons. The van der Waals surface area contributed by atoms with Crippen molar-refractivity contribution in [3.05, 3.63) is 24.0 Å². The second-order valence-corrected chi connectivity index (χ2v) is 2.89. The summed E-state index contributed by atoms with van der Waals surface area (Å²) in [5.41, 5.74) is -0.142. The van der Waals surface area contributed by atoms with Crippen molar-refractivity contribution < 1.29 is 18.7 Å². The Kier molecular flexibility index (Phi) is 2.51. The molecular formula is C6H4NO4S-. The highest BCUT2D eigenvalue weighted by Gasteiger charge is 2.03. The molecule has 0 aromatic carbocycles. The zero-order valence-corrected chi connectivity index (χ0v) is 6.58. The fourth-order valence-corrected chi connectivity index (χ4v) is 0.997. The third kappa shape index (κ3) is 1.86. The number of carbonyl (C=O) groups is 1. The molecule has 12 heavy (non-hydrogen) atoms. The Hall–Kier alpha value is -1.27. The Bertz CT molecular complexity index is 309. The molecule has 1 atom stereocenters. The van der Waals surface area contributed by atoms with Crippen molar-refractivity contribution >= 4 is 17.0 Å². The van der Waals surface area contributed by atoms with Gasteiger partial charge in [0.05, 0.1) is 5.56 Å². The molecule has 0 bridgehead atoms. The van der Waals surface area contributed by atoms with Gasteiger partial charge in [0.1, 0.15) is 0 Å². The maximum absolute atomic E-state index is 10.3. The fourth-order valence-electron chi connectivity index (χ4n) is 0.627. The summed E-state index contributed by atoms with van der Waals surface area (Å²) in [4.78, 5) is 13.7. The van der Waals surface area contributed by atoms with Crippen LogP contribution in [0.5, 0.6) is 0 Å². The van der Waals surface area contributed by atoms with Gasteiger partial charge in [0.2, 0.25) is 0 Å².